The number of nitrogens with zero attached hydrogens (tertiary/aromatic N) is 2. The first kappa shape index (κ1) is 40.6. The van der Waals surface area contributed by atoms with Crippen molar-refractivity contribution in [3.63, 3.8) is 0 Å². The summed E-state index contributed by atoms with van der Waals surface area (Å²) in [7, 11) is -0.637. The highest BCUT2D eigenvalue weighted by Gasteiger charge is 2.46. The third-order valence-electron chi connectivity index (χ3n) is 5.81. The molecule has 0 atom stereocenters. The maximum Gasteiger partial charge on any atom is 0.261 e. The Balaban J connectivity index is 0. The van der Waals surface area contributed by atoms with Gasteiger partial charge < -0.3 is 24.9 Å². The van der Waals surface area contributed by atoms with Crippen molar-refractivity contribution in [3.05, 3.63) is 70.8 Å². The number of hydroxylamine groups is 1. The molecular formula is C28H42N4O8S2. The molecule has 42 heavy (non-hydrogen) atoms. The van der Waals surface area contributed by atoms with Crippen molar-refractivity contribution >= 4 is 45.8 Å². The molecule has 0 aromatic heterocycles. The van der Waals surface area contributed by atoms with E-state index < -0.39 is 10.0 Å². The summed E-state index contributed by atoms with van der Waals surface area (Å²) in [5, 5.41) is 17.7. The lowest BCUT2D eigenvalue weighted by Crippen LogP contribution is -2.27. The maximum absolute atomic E-state index is 13.3. The largest absolute Gasteiger partial charge is 0.409 e. The average molecular weight is 627 g/mol. The van der Waals surface area contributed by atoms with Gasteiger partial charge >= 0.3 is 0 Å². The summed E-state index contributed by atoms with van der Waals surface area (Å²) in [4.78, 5) is 34.7. The van der Waals surface area contributed by atoms with E-state index in [-0.39, 0.29) is 83.9 Å². The van der Waals surface area contributed by atoms with Crippen LogP contribution in [0, 0.1) is 0 Å². The van der Waals surface area contributed by atoms with Crippen LogP contribution in [0.4, 0.5) is 0 Å². The van der Waals surface area contributed by atoms with Crippen molar-refractivity contribution in [1.29, 1.82) is 0 Å². The molecule has 2 aliphatic heterocycles. The summed E-state index contributed by atoms with van der Waals surface area (Å²) in [6.45, 7) is -0.254. The van der Waals surface area contributed by atoms with Crippen LogP contribution in [0.15, 0.2) is 64.6 Å². The molecule has 0 bridgehead atoms. The Morgan fingerprint density at radius 3 is 1.55 bits per heavy atom. The van der Waals surface area contributed by atoms with Gasteiger partial charge in [-0.15, -0.1) is 0 Å². The number of amides is 2. The molecule has 0 spiro atoms. The van der Waals surface area contributed by atoms with Crippen LogP contribution in [-0.2, 0) is 32.1 Å². The van der Waals surface area contributed by atoms with E-state index in [0.29, 0.717) is 28.3 Å². The Kier molecular flexibility index (Phi) is 16.9. The molecule has 234 valence electrons. The van der Waals surface area contributed by atoms with Crippen molar-refractivity contribution in [3.8, 4) is 5.75 Å². The van der Waals surface area contributed by atoms with Gasteiger partial charge in [-0.2, -0.15) is 9.69 Å². The molecule has 4 N–H and O–H groups in total. The molecular weight excluding hydrogens is 584 g/mol. The first-order valence-electron chi connectivity index (χ1n) is 11.2. The van der Waals surface area contributed by atoms with Gasteiger partial charge in [0, 0.05) is 20.6 Å². The number of hydrogen-bond donors (Lipinski definition) is 4. The lowest BCUT2D eigenvalue weighted by atomic mass is 10.0. The van der Waals surface area contributed by atoms with Gasteiger partial charge in [0.15, 0.2) is 12.5 Å². The number of rotatable bonds is 10. The molecule has 14 heteroatoms. The van der Waals surface area contributed by atoms with Crippen molar-refractivity contribution < 1.29 is 37.3 Å². The van der Waals surface area contributed by atoms with E-state index in [9.17, 15) is 18.0 Å². The Hall–Kier alpha value is -3.53. The zero-order chi connectivity index (χ0) is 28.0. The quantitative estimate of drug-likeness (QED) is 0.227. The molecule has 2 heterocycles. The molecule has 0 radical (unpaired) electrons. The van der Waals surface area contributed by atoms with E-state index in [2.05, 4.69) is 22.7 Å². The summed E-state index contributed by atoms with van der Waals surface area (Å²) in [6.07, 6.45) is 0. The molecule has 2 amide bonds. The highest BCUT2D eigenvalue weighted by atomic mass is 32.2. The number of aliphatic hydroxyl groups is 2. The molecule has 2 aromatic carbocycles. The van der Waals surface area contributed by atoms with Crippen LogP contribution in [0.1, 0.15) is 40.8 Å². The number of benzene rings is 2. The van der Waals surface area contributed by atoms with Crippen molar-refractivity contribution in [1.82, 2.24) is 20.0 Å². The lowest BCUT2D eigenvalue weighted by Gasteiger charge is -2.20. The van der Waals surface area contributed by atoms with Crippen LogP contribution < -0.4 is 15.0 Å². The fourth-order valence-electron chi connectivity index (χ4n) is 4.12. The van der Waals surface area contributed by atoms with Crippen molar-refractivity contribution in [2.24, 2.45) is 0 Å². The Morgan fingerprint density at radius 1 is 0.738 bits per heavy atom. The van der Waals surface area contributed by atoms with Gasteiger partial charge in [-0.3, -0.25) is 9.59 Å². The summed E-state index contributed by atoms with van der Waals surface area (Å²) < 4.78 is 34.8. The van der Waals surface area contributed by atoms with Crippen LogP contribution in [0.3, 0.4) is 0 Å². The predicted octanol–water partition coefficient (Wildman–Crippen LogP) is 2.11. The summed E-state index contributed by atoms with van der Waals surface area (Å²) in [5.74, 6) is -0.197. The van der Waals surface area contributed by atoms with Crippen LogP contribution in [-0.4, -0.2) is 84.9 Å². The fourth-order valence-corrected chi connectivity index (χ4v) is 5.14. The minimum Gasteiger partial charge on any atom is -0.409 e. The minimum atomic E-state index is -3.80. The molecule has 2 aliphatic rings. The fraction of sp³-hybridized carbons (Fsp3) is 0.357. The van der Waals surface area contributed by atoms with E-state index in [1.807, 2.05) is 0 Å². The van der Waals surface area contributed by atoms with E-state index in [1.165, 1.54) is 21.9 Å². The lowest BCUT2D eigenvalue weighted by molar-refractivity contribution is -0.123. The van der Waals surface area contributed by atoms with Gasteiger partial charge in [-0.05, 0) is 47.5 Å². The van der Waals surface area contributed by atoms with Crippen LogP contribution in [0.2, 0.25) is 0 Å². The SMILES string of the molecule is C.C.C.C.CN1C(=O)C2=C(c3ccc(S(=O)(=O)NCCO)cc3)N(C)C(=O)C2=C1c1ccc(ONCCO)cc1.O=S. The molecule has 0 aliphatic carbocycles. The maximum atomic E-state index is 13.3. The highest BCUT2D eigenvalue weighted by Crippen LogP contribution is 2.45. The average Bonchev–Trinajstić information content (AvgIpc) is 3.34. The molecule has 0 unspecified atom stereocenters. The van der Waals surface area contributed by atoms with E-state index in [1.54, 1.807) is 50.5 Å². The van der Waals surface area contributed by atoms with Crippen LogP contribution >= 0.6 is 0 Å². The number of fused-ring (bicyclic) bond motifs is 1. The second-order valence-electron chi connectivity index (χ2n) is 8.07. The first-order valence-corrected chi connectivity index (χ1v) is 13.1. The Morgan fingerprint density at radius 2 is 1.14 bits per heavy atom. The van der Waals surface area contributed by atoms with Gasteiger partial charge in [-0.25, -0.2) is 13.1 Å². The standard InChI is InChI=1S/C24H26N4O7S.4CH4.OS/c1-27-21(15-3-7-17(8-4-15)35-25-11-13-29)19-20(24(27)32)22(28(2)23(19)31)16-5-9-18(10-6-16)36(33,34)26-12-14-30;;;;;1-2/h3-10,25-26,29-30H,11-14H2,1-2H3;4*1H4;. The molecule has 4 rings (SSSR count). The van der Waals surface area contributed by atoms with Gasteiger partial charge in [0.05, 0.1) is 47.2 Å². The van der Waals surface area contributed by atoms with E-state index in [0.717, 1.165) is 0 Å². The number of aliphatic hydroxyl groups excluding tert-OH is 2. The second-order valence-corrected chi connectivity index (χ2v) is 9.83. The van der Waals surface area contributed by atoms with Gasteiger partial charge in [-0.1, -0.05) is 41.8 Å². The van der Waals surface area contributed by atoms with E-state index >= 15 is 0 Å². The molecule has 2 aromatic rings. The van der Waals surface area contributed by atoms with Crippen molar-refractivity contribution in [2.45, 2.75) is 34.6 Å². The van der Waals surface area contributed by atoms with Gasteiger partial charge in [0.1, 0.15) is 5.75 Å². The van der Waals surface area contributed by atoms with E-state index in [4.69, 9.17) is 19.3 Å². The van der Waals surface area contributed by atoms with Gasteiger partial charge in [0.2, 0.25) is 10.0 Å². The highest BCUT2D eigenvalue weighted by molar-refractivity contribution is 7.89. The molecule has 12 nitrogen and oxygen atoms in total. The number of nitrogens with one attached hydrogen (secondary N) is 2. The zero-order valence-corrected chi connectivity index (χ0v) is 22.1. The van der Waals surface area contributed by atoms with Crippen LogP contribution in [0.25, 0.3) is 11.4 Å². The summed E-state index contributed by atoms with van der Waals surface area (Å²) in [5.41, 5.74) is 5.14. The van der Waals surface area contributed by atoms with Crippen molar-refractivity contribution in [2.75, 3.05) is 40.4 Å². The number of sulfonamides is 1. The smallest absolute Gasteiger partial charge is 0.261 e. The van der Waals surface area contributed by atoms with Crippen LogP contribution in [0.5, 0.6) is 5.75 Å². The predicted molar refractivity (Wildman–Crippen MR) is 165 cm³/mol. The third-order valence-corrected chi connectivity index (χ3v) is 7.28. The monoisotopic (exact) mass is 626 g/mol. The Bertz CT molecular complexity index is 1380. The second kappa shape index (κ2) is 17.4. The third kappa shape index (κ3) is 7.85. The molecule has 0 saturated carbocycles. The normalized spacial score (nSPS) is 13.7. The minimum absolute atomic E-state index is 0. The summed E-state index contributed by atoms with van der Waals surface area (Å²) >= 11 is 2.83. The number of likely N-dealkylation sites (N-methyl/N-ethyl adjacent to an activating group) is 2. The Labute approximate surface area is 254 Å². The first-order chi connectivity index (χ1) is 18.2. The van der Waals surface area contributed by atoms with Gasteiger partial charge in [0.25, 0.3) is 11.8 Å². The zero-order valence-electron chi connectivity index (χ0n) is 20.5. The number of carbonyl (C=O) groups excluding carboxylic acids is 2. The summed E-state index contributed by atoms with van der Waals surface area (Å²) in [6, 6.07) is 12.7. The number of carbonyl (C=O) groups is 2. The number of hydrogen-bond acceptors (Lipinski definition) is 10. The topological polar surface area (TPSA) is 166 Å². The molecule has 0 saturated heterocycles. The molecule has 0 fully saturated rings.